The Hall–Kier alpha value is -1.34. The van der Waals surface area contributed by atoms with Gasteiger partial charge in [-0.25, -0.2) is 9.78 Å². The third kappa shape index (κ3) is 2.92. The van der Waals surface area contributed by atoms with E-state index in [-0.39, 0.29) is 22.8 Å². The molecule has 3 amide bonds. The number of amides is 3. The topological polar surface area (TPSA) is 62.3 Å². The van der Waals surface area contributed by atoms with Gasteiger partial charge in [0.25, 0.3) is 5.91 Å². The van der Waals surface area contributed by atoms with Gasteiger partial charge in [-0.2, -0.15) is 0 Å². The number of hydrogen-bond donors (Lipinski definition) is 1. The standard InChI is InChI=1S/C14H10Cl3N3O2S/c1-14(8-3-5-10(16)23-8)12(21)20(13(22)19-14)6-7-2-4-9(15)18-11(7)17/h2-5H,6H2,1H3,(H,19,22). The van der Waals surface area contributed by atoms with Gasteiger partial charge in [0.2, 0.25) is 0 Å². The van der Waals surface area contributed by atoms with Crippen LogP contribution in [0.5, 0.6) is 0 Å². The summed E-state index contributed by atoms with van der Waals surface area (Å²) in [4.78, 5) is 30.7. The number of carbonyl (C=O) groups excluding carboxylic acids is 2. The minimum atomic E-state index is -1.14. The number of imide groups is 1. The van der Waals surface area contributed by atoms with Crippen LogP contribution in [-0.4, -0.2) is 21.8 Å². The van der Waals surface area contributed by atoms with E-state index in [4.69, 9.17) is 34.8 Å². The van der Waals surface area contributed by atoms with E-state index in [9.17, 15) is 9.59 Å². The van der Waals surface area contributed by atoms with E-state index < -0.39 is 11.6 Å². The second kappa shape index (κ2) is 5.94. The van der Waals surface area contributed by atoms with E-state index in [1.165, 1.54) is 11.3 Å². The quantitative estimate of drug-likeness (QED) is 0.635. The molecule has 2 aromatic rings. The Morgan fingerprint density at radius 3 is 2.57 bits per heavy atom. The molecule has 1 fully saturated rings. The molecule has 0 spiro atoms. The van der Waals surface area contributed by atoms with Crippen LogP contribution in [-0.2, 0) is 16.9 Å². The first kappa shape index (κ1) is 16.5. The van der Waals surface area contributed by atoms with E-state index in [0.29, 0.717) is 14.8 Å². The highest BCUT2D eigenvalue weighted by Gasteiger charge is 2.49. The number of halogens is 3. The molecule has 1 unspecified atom stereocenters. The molecule has 2 aromatic heterocycles. The molecule has 1 atom stereocenters. The van der Waals surface area contributed by atoms with Crippen molar-refractivity contribution in [3.8, 4) is 0 Å². The van der Waals surface area contributed by atoms with Crippen molar-refractivity contribution >= 4 is 58.1 Å². The van der Waals surface area contributed by atoms with Gasteiger partial charge in [0, 0.05) is 10.4 Å². The van der Waals surface area contributed by atoms with Crippen LogP contribution < -0.4 is 5.32 Å². The number of pyridine rings is 1. The number of nitrogens with one attached hydrogen (secondary N) is 1. The molecule has 1 aliphatic heterocycles. The predicted molar refractivity (Wildman–Crippen MR) is 90.0 cm³/mol. The van der Waals surface area contributed by atoms with Gasteiger partial charge < -0.3 is 5.32 Å². The highest BCUT2D eigenvalue weighted by molar-refractivity contribution is 7.16. The SMILES string of the molecule is CC1(c2ccc(Cl)s2)NC(=O)N(Cc2ccc(Cl)nc2Cl)C1=O. The molecular formula is C14H10Cl3N3O2S. The van der Waals surface area contributed by atoms with Crippen molar-refractivity contribution in [3.63, 3.8) is 0 Å². The predicted octanol–water partition coefficient (Wildman–Crippen LogP) is 4.07. The first-order valence-corrected chi connectivity index (χ1v) is 8.47. The Morgan fingerprint density at radius 2 is 1.96 bits per heavy atom. The molecule has 1 aliphatic rings. The van der Waals surface area contributed by atoms with Gasteiger partial charge in [0.15, 0.2) is 5.54 Å². The fourth-order valence-electron chi connectivity index (χ4n) is 2.32. The lowest BCUT2D eigenvalue weighted by molar-refractivity contribution is -0.131. The Morgan fingerprint density at radius 1 is 1.22 bits per heavy atom. The third-order valence-electron chi connectivity index (χ3n) is 3.56. The Kier molecular flexibility index (Phi) is 4.27. The summed E-state index contributed by atoms with van der Waals surface area (Å²) in [7, 11) is 0. The summed E-state index contributed by atoms with van der Waals surface area (Å²) in [6, 6.07) is 6.11. The highest BCUT2D eigenvalue weighted by atomic mass is 35.5. The second-order valence-corrected chi connectivity index (χ2v) is 7.59. The molecule has 23 heavy (non-hydrogen) atoms. The van der Waals surface area contributed by atoms with Crippen molar-refractivity contribution < 1.29 is 9.59 Å². The molecule has 3 rings (SSSR count). The lowest BCUT2D eigenvalue weighted by Crippen LogP contribution is -2.40. The molecule has 0 saturated carbocycles. The number of thiophene rings is 1. The fourth-order valence-corrected chi connectivity index (χ4v) is 3.86. The van der Waals surface area contributed by atoms with Crippen molar-refractivity contribution in [1.29, 1.82) is 0 Å². The molecule has 0 radical (unpaired) electrons. The van der Waals surface area contributed by atoms with E-state index in [2.05, 4.69) is 10.3 Å². The Bertz CT molecular complexity index is 810. The fraction of sp³-hybridized carbons (Fsp3) is 0.214. The molecular weight excluding hydrogens is 381 g/mol. The van der Waals surface area contributed by atoms with Gasteiger partial charge in [0.05, 0.1) is 10.9 Å². The molecule has 5 nitrogen and oxygen atoms in total. The summed E-state index contributed by atoms with van der Waals surface area (Å²) >= 11 is 18.9. The summed E-state index contributed by atoms with van der Waals surface area (Å²) in [5.41, 5.74) is -0.602. The van der Waals surface area contributed by atoms with Crippen LogP contribution in [0.25, 0.3) is 0 Å². The molecule has 1 N–H and O–H groups in total. The highest BCUT2D eigenvalue weighted by Crippen LogP contribution is 2.36. The number of hydrogen-bond acceptors (Lipinski definition) is 4. The van der Waals surface area contributed by atoms with Gasteiger partial charge in [-0.3, -0.25) is 9.69 Å². The maximum absolute atomic E-state index is 12.7. The summed E-state index contributed by atoms with van der Waals surface area (Å²) in [6.07, 6.45) is 0. The van der Waals surface area contributed by atoms with Gasteiger partial charge >= 0.3 is 6.03 Å². The number of rotatable bonds is 3. The lowest BCUT2D eigenvalue weighted by Gasteiger charge is -2.20. The summed E-state index contributed by atoms with van der Waals surface area (Å²) < 4.78 is 0.548. The molecule has 120 valence electrons. The van der Waals surface area contributed by atoms with Gasteiger partial charge in [-0.15, -0.1) is 11.3 Å². The van der Waals surface area contributed by atoms with Crippen molar-refractivity contribution in [3.05, 3.63) is 49.3 Å². The summed E-state index contributed by atoms with van der Waals surface area (Å²) in [5.74, 6) is -0.368. The zero-order chi connectivity index (χ0) is 16.8. The first-order chi connectivity index (χ1) is 10.8. The maximum Gasteiger partial charge on any atom is 0.325 e. The monoisotopic (exact) mass is 389 g/mol. The Labute approximate surface area is 151 Å². The zero-order valence-electron chi connectivity index (χ0n) is 11.8. The molecule has 0 aromatic carbocycles. The van der Waals surface area contributed by atoms with Crippen LogP contribution in [0, 0.1) is 0 Å². The zero-order valence-corrected chi connectivity index (χ0v) is 14.9. The van der Waals surface area contributed by atoms with Crippen LogP contribution in [0.1, 0.15) is 17.4 Å². The molecule has 3 heterocycles. The number of nitrogens with zero attached hydrogens (tertiary/aromatic N) is 2. The van der Waals surface area contributed by atoms with E-state index in [0.717, 1.165) is 4.90 Å². The van der Waals surface area contributed by atoms with Gasteiger partial charge in [-0.05, 0) is 25.1 Å². The van der Waals surface area contributed by atoms with Crippen LogP contribution in [0.2, 0.25) is 14.6 Å². The number of aromatic nitrogens is 1. The molecule has 0 bridgehead atoms. The van der Waals surface area contributed by atoms with Crippen LogP contribution >= 0.6 is 46.1 Å². The maximum atomic E-state index is 12.7. The molecule has 0 aliphatic carbocycles. The third-order valence-corrected chi connectivity index (χ3v) is 5.55. The van der Waals surface area contributed by atoms with Crippen molar-refractivity contribution in [2.45, 2.75) is 19.0 Å². The van der Waals surface area contributed by atoms with Crippen LogP contribution in [0.15, 0.2) is 24.3 Å². The van der Waals surface area contributed by atoms with Crippen molar-refractivity contribution in [2.24, 2.45) is 0 Å². The van der Waals surface area contributed by atoms with E-state index in [1.807, 2.05) is 0 Å². The van der Waals surface area contributed by atoms with Crippen molar-refractivity contribution in [1.82, 2.24) is 15.2 Å². The minimum absolute atomic E-state index is 0.0162. The van der Waals surface area contributed by atoms with Gasteiger partial charge in [0.1, 0.15) is 10.3 Å². The van der Waals surface area contributed by atoms with Crippen LogP contribution in [0.4, 0.5) is 4.79 Å². The first-order valence-electron chi connectivity index (χ1n) is 6.52. The lowest BCUT2D eigenvalue weighted by atomic mass is 10.0. The average molecular weight is 391 g/mol. The summed E-state index contributed by atoms with van der Waals surface area (Å²) in [5, 5.41) is 3.11. The van der Waals surface area contributed by atoms with Gasteiger partial charge in [-0.1, -0.05) is 40.9 Å². The van der Waals surface area contributed by atoms with Crippen molar-refractivity contribution in [2.75, 3.05) is 0 Å². The smallest absolute Gasteiger partial charge is 0.319 e. The molecule has 1 saturated heterocycles. The molecule has 9 heteroatoms. The van der Waals surface area contributed by atoms with E-state index >= 15 is 0 Å². The average Bonchev–Trinajstić information content (AvgIpc) is 3.00. The second-order valence-electron chi connectivity index (χ2n) is 5.13. The minimum Gasteiger partial charge on any atom is -0.319 e. The largest absolute Gasteiger partial charge is 0.325 e. The van der Waals surface area contributed by atoms with Crippen LogP contribution in [0.3, 0.4) is 0 Å². The number of carbonyl (C=O) groups is 2. The normalized spacial score (nSPS) is 21.0. The number of urea groups is 1. The summed E-state index contributed by atoms with van der Waals surface area (Å²) in [6.45, 7) is 1.67. The Balaban J connectivity index is 1.90. The van der Waals surface area contributed by atoms with E-state index in [1.54, 1.807) is 31.2 Å².